The lowest BCUT2D eigenvalue weighted by Crippen LogP contribution is -2.40. The normalized spacial score (nSPS) is 12.0. The van der Waals surface area contributed by atoms with Crippen LogP contribution >= 0.6 is 11.6 Å². The highest BCUT2D eigenvalue weighted by Gasteiger charge is 2.34. The van der Waals surface area contributed by atoms with Gasteiger partial charge in [0.25, 0.3) is 0 Å². The molecule has 0 aliphatic rings. The van der Waals surface area contributed by atoms with Crippen molar-refractivity contribution in [1.29, 1.82) is 0 Å². The van der Waals surface area contributed by atoms with E-state index in [9.17, 15) is 9.90 Å². The Balaban J connectivity index is 2.03. The van der Waals surface area contributed by atoms with E-state index in [1.54, 1.807) is 12.3 Å². The standard InChI is InChI=1S/C15H20ClN3O2/c1-3-15(4-2,14(20)21)10-17-7-12-9-19-8-11(16)5-6-13(19)18-12/h5-6,8-9,17H,3-4,7,10H2,1-2H3,(H,20,21). The second-order valence-corrected chi connectivity index (χ2v) is 5.68. The van der Waals surface area contributed by atoms with Crippen molar-refractivity contribution in [2.75, 3.05) is 6.54 Å². The summed E-state index contributed by atoms with van der Waals surface area (Å²) in [5.74, 6) is -0.748. The van der Waals surface area contributed by atoms with Crippen molar-refractivity contribution in [2.24, 2.45) is 5.41 Å². The Bertz CT molecular complexity index is 635. The van der Waals surface area contributed by atoms with E-state index in [4.69, 9.17) is 11.6 Å². The molecule has 0 saturated heterocycles. The first-order chi connectivity index (χ1) is 10.0. The van der Waals surface area contributed by atoms with Crippen LogP contribution in [0.15, 0.2) is 24.5 Å². The van der Waals surface area contributed by atoms with Crippen LogP contribution in [0.25, 0.3) is 5.65 Å². The molecule has 0 atom stereocenters. The maximum absolute atomic E-state index is 11.4. The number of pyridine rings is 1. The topological polar surface area (TPSA) is 66.6 Å². The lowest BCUT2D eigenvalue weighted by Gasteiger charge is -2.26. The molecule has 0 aliphatic heterocycles. The Morgan fingerprint density at radius 1 is 1.38 bits per heavy atom. The van der Waals surface area contributed by atoms with Gasteiger partial charge in [-0.15, -0.1) is 0 Å². The van der Waals surface area contributed by atoms with Gasteiger partial charge in [-0.3, -0.25) is 4.79 Å². The number of aliphatic carboxylic acids is 1. The number of carbonyl (C=O) groups is 1. The van der Waals surface area contributed by atoms with Gasteiger partial charge in [-0.2, -0.15) is 0 Å². The minimum absolute atomic E-state index is 0.434. The van der Waals surface area contributed by atoms with Crippen LogP contribution in [0.2, 0.25) is 5.02 Å². The third-order valence-electron chi connectivity index (χ3n) is 4.04. The van der Waals surface area contributed by atoms with Gasteiger partial charge >= 0.3 is 5.97 Å². The van der Waals surface area contributed by atoms with Crippen molar-refractivity contribution in [3.63, 3.8) is 0 Å². The summed E-state index contributed by atoms with van der Waals surface area (Å²) in [6.07, 6.45) is 4.90. The summed E-state index contributed by atoms with van der Waals surface area (Å²) in [5, 5.41) is 13.3. The zero-order valence-corrected chi connectivity index (χ0v) is 13.0. The number of nitrogens with one attached hydrogen (secondary N) is 1. The molecule has 0 saturated carbocycles. The number of hydrogen-bond donors (Lipinski definition) is 2. The molecule has 5 nitrogen and oxygen atoms in total. The third kappa shape index (κ3) is 3.36. The van der Waals surface area contributed by atoms with Crippen LogP contribution in [0.3, 0.4) is 0 Å². The molecule has 0 aromatic carbocycles. The van der Waals surface area contributed by atoms with Gasteiger partial charge in [0.15, 0.2) is 0 Å². The van der Waals surface area contributed by atoms with Crippen molar-refractivity contribution in [3.8, 4) is 0 Å². The van der Waals surface area contributed by atoms with Crippen molar-refractivity contribution in [3.05, 3.63) is 35.2 Å². The fourth-order valence-electron chi connectivity index (χ4n) is 2.41. The molecular formula is C15H20ClN3O2. The summed E-state index contributed by atoms with van der Waals surface area (Å²) < 4.78 is 1.86. The quantitative estimate of drug-likeness (QED) is 0.825. The minimum atomic E-state index is -0.748. The molecule has 2 aromatic heterocycles. The predicted octanol–water partition coefficient (Wildman–Crippen LogP) is 2.97. The molecule has 6 heteroatoms. The zero-order chi connectivity index (χ0) is 15.5. The molecule has 2 aromatic rings. The number of nitrogens with zero attached hydrogens (tertiary/aromatic N) is 2. The SMILES string of the molecule is CCC(CC)(CNCc1cn2cc(Cl)ccc2n1)C(=O)O. The van der Waals surface area contributed by atoms with Gasteiger partial charge in [0.1, 0.15) is 5.65 Å². The lowest BCUT2D eigenvalue weighted by molar-refractivity contribution is -0.149. The molecule has 2 rings (SSSR count). The van der Waals surface area contributed by atoms with Crippen LogP contribution in [-0.4, -0.2) is 27.0 Å². The fourth-order valence-corrected chi connectivity index (χ4v) is 2.58. The van der Waals surface area contributed by atoms with Gasteiger partial charge < -0.3 is 14.8 Å². The van der Waals surface area contributed by atoms with Crippen LogP contribution in [0.5, 0.6) is 0 Å². The van der Waals surface area contributed by atoms with Crippen molar-refractivity contribution < 1.29 is 9.90 Å². The Morgan fingerprint density at radius 2 is 2.10 bits per heavy atom. The van der Waals surface area contributed by atoms with E-state index in [-0.39, 0.29) is 0 Å². The molecule has 0 aliphatic carbocycles. The molecule has 0 radical (unpaired) electrons. The van der Waals surface area contributed by atoms with Gasteiger partial charge in [-0.05, 0) is 25.0 Å². The lowest BCUT2D eigenvalue weighted by atomic mass is 9.82. The van der Waals surface area contributed by atoms with Crippen LogP contribution in [0.4, 0.5) is 0 Å². The van der Waals surface area contributed by atoms with Gasteiger partial charge in [-0.25, -0.2) is 4.98 Å². The Hall–Kier alpha value is -1.59. The van der Waals surface area contributed by atoms with Crippen LogP contribution < -0.4 is 5.32 Å². The average Bonchev–Trinajstić information content (AvgIpc) is 2.85. The minimum Gasteiger partial charge on any atom is -0.481 e. The largest absolute Gasteiger partial charge is 0.481 e. The summed E-state index contributed by atoms with van der Waals surface area (Å²) in [5.41, 5.74) is 0.984. The molecule has 2 heterocycles. The Morgan fingerprint density at radius 3 is 2.71 bits per heavy atom. The Kier molecular flexibility index (Phi) is 4.85. The van der Waals surface area contributed by atoms with Crippen molar-refractivity contribution >= 4 is 23.2 Å². The third-order valence-corrected chi connectivity index (χ3v) is 4.27. The number of carboxylic acids is 1. The molecule has 0 unspecified atom stereocenters. The highest BCUT2D eigenvalue weighted by molar-refractivity contribution is 6.30. The first-order valence-electron chi connectivity index (χ1n) is 7.08. The van der Waals surface area contributed by atoms with E-state index in [0.717, 1.165) is 11.3 Å². The van der Waals surface area contributed by atoms with Gasteiger partial charge in [-0.1, -0.05) is 25.4 Å². The number of fused-ring (bicyclic) bond motifs is 1. The molecule has 114 valence electrons. The number of aromatic nitrogens is 2. The van der Waals surface area contributed by atoms with E-state index >= 15 is 0 Å². The van der Waals surface area contributed by atoms with E-state index in [1.165, 1.54) is 0 Å². The highest BCUT2D eigenvalue weighted by atomic mass is 35.5. The summed E-state index contributed by atoms with van der Waals surface area (Å²) in [6.45, 7) is 4.79. The number of carboxylic acid groups (broad SMARTS) is 1. The average molecular weight is 310 g/mol. The summed E-state index contributed by atoms with van der Waals surface area (Å²) in [7, 11) is 0. The molecule has 2 N–H and O–H groups in total. The van der Waals surface area contributed by atoms with Crippen LogP contribution in [-0.2, 0) is 11.3 Å². The number of rotatable bonds is 7. The van der Waals surface area contributed by atoms with E-state index < -0.39 is 11.4 Å². The molecule has 0 fully saturated rings. The van der Waals surface area contributed by atoms with Crippen molar-refractivity contribution in [2.45, 2.75) is 33.2 Å². The molecular weight excluding hydrogens is 290 g/mol. The maximum atomic E-state index is 11.4. The van der Waals surface area contributed by atoms with Gasteiger partial charge in [0, 0.05) is 25.5 Å². The summed E-state index contributed by atoms with van der Waals surface area (Å²) >= 11 is 5.94. The first kappa shape index (κ1) is 15.8. The second-order valence-electron chi connectivity index (χ2n) is 5.24. The van der Waals surface area contributed by atoms with Crippen LogP contribution in [0.1, 0.15) is 32.4 Å². The Labute approximate surface area is 128 Å². The monoisotopic (exact) mass is 309 g/mol. The zero-order valence-electron chi connectivity index (χ0n) is 12.3. The van der Waals surface area contributed by atoms with E-state index in [1.807, 2.05) is 30.5 Å². The van der Waals surface area contributed by atoms with Crippen molar-refractivity contribution in [1.82, 2.24) is 14.7 Å². The predicted molar refractivity (Wildman–Crippen MR) is 82.6 cm³/mol. The summed E-state index contributed by atoms with van der Waals surface area (Å²) in [6, 6.07) is 3.65. The molecule has 21 heavy (non-hydrogen) atoms. The number of halogens is 1. The summed E-state index contributed by atoms with van der Waals surface area (Å²) in [4.78, 5) is 15.9. The fraction of sp³-hybridized carbons (Fsp3) is 0.467. The molecule has 0 spiro atoms. The second kappa shape index (κ2) is 6.45. The molecule has 0 amide bonds. The number of imidazole rings is 1. The van der Waals surface area contributed by atoms with Crippen LogP contribution in [0, 0.1) is 5.41 Å². The number of hydrogen-bond acceptors (Lipinski definition) is 3. The van der Waals surface area contributed by atoms with E-state index in [2.05, 4.69) is 10.3 Å². The van der Waals surface area contributed by atoms with Gasteiger partial charge in [0.2, 0.25) is 0 Å². The first-order valence-corrected chi connectivity index (χ1v) is 7.46. The van der Waals surface area contributed by atoms with Gasteiger partial charge in [0.05, 0.1) is 16.1 Å². The highest BCUT2D eigenvalue weighted by Crippen LogP contribution is 2.25. The van der Waals surface area contributed by atoms with E-state index in [0.29, 0.717) is 31.0 Å². The smallest absolute Gasteiger partial charge is 0.310 e. The maximum Gasteiger partial charge on any atom is 0.310 e. The molecule has 0 bridgehead atoms.